The Hall–Kier alpha value is -3.80. The minimum absolute atomic E-state index is 0.518. The maximum Gasteiger partial charge on any atom is 0.414 e. The molecule has 0 amide bonds. The highest BCUT2D eigenvalue weighted by molar-refractivity contribution is 6.27. The molecule has 1 aliphatic rings. The number of nitrogens with zero attached hydrogens (tertiary/aromatic N) is 3. The maximum absolute atomic E-state index is 10.9. The lowest BCUT2D eigenvalue weighted by Gasteiger charge is -2.33. The first-order chi connectivity index (χ1) is 17.9. The minimum Gasteiger partial charge on any atom is -0.497 e. The average molecular weight is 512 g/mol. The molecule has 11 nitrogen and oxygen atoms in total. The number of pyridine rings is 2. The summed E-state index contributed by atoms with van der Waals surface area (Å²) in [4.78, 5) is 29.2. The summed E-state index contributed by atoms with van der Waals surface area (Å²) in [5.74, 6) is -1.96. The number of carboxylic acids is 2. The summed E-state index contributed by atoms with van der Waals surface area (Å²) in [7, 11) is 1.65. The molecular weight excluding hydrogens is 478 g/mol. The van der Waals surface area contributed by atoms with Crippen LogP contribution in [0.2, 0.25) is 0 Å². The molecule has 0 aliphatic carbocycles. The van der Waals surface area contributed by atoms with Crippen LogP contribution < -0.4 is 15.4 Å². The summed E-state index contributed by atoms with van der Waals surface area (Å²) in [6.45, 7) is 4.36. The number of aliphatic carboxylic acids is 2. The molecule has 0 bridgehead atoms. The zero-order valence-corrected chi connectivity index (χ0v) is 20.7. The second-order valence-electron chi connectivity index (χ2n) is 8.58. The predicted molar refractivity (Wildman–Crippen MR) is 139 cm³/mol. The standard InChI is InChI=1S/C24H31N5O2.C2H2O4/c1-31-19-5-6-22-21(16-19)20(7-11-26-22)23(30)17-29-14-8-18(9-15-29)25-12-13-28-24-4-2-3-10-27-24;3-1(4)2(5)6/h2-7,10-11,16,18,23,25,30H,8-9,12-15,17H2,1H3,(H,27,28);(H,3,4)(H,5,6)/t23-;/m0./s1. The summed E-state index contributed by atoms with van der Waals surface area (Å²) in [6.07, 6.45) is 5.18. The van der Waals surface area contributed by atoms with Crippen molar-refractivity contribution in [3.8, 4) is 5.75 Å². The summed E-state index contributed by atoms with van der Waals surface area (Å²) < 4.78 is 5.35. The van der Waals surface area contributed by atoms with Gasteiger partial charge in [0.1, 0.15) is 11.6 Å². The molecule has 198 valence electrons. The molecule has 4 rings (SSSR count). The molecule has 0 spiro atoms. The van der Waals surface area contributed by atoms with Crippen molar-refractivity contribution in [2.45, 2.75) is 25.0 Å². The Kier molecular flexibility index (Phi) is 10.6. The molecule has 1 aliphatic heterocycles. The molecule has 1 atom stereocenters. The highest BCUT2D eigenvalue weighted by Crippen LogP contribution is 2.27. The Balaban J connectivity index is 0.000000568. The minimum atomic E-state index is -1.82. The van der Waals surface area contributed by atoms with E-state index in [0.29, 0.717) is 12.6 Å². The quantitative estimate of drug-likeness (QED) is 0.211. The van der Waals surface area contributed by atoms with Crippen molar-refractivity contribution in [2.24, 2.45) is 0 Å². The van der Waals surface area contributed by atoms with Crippen LogP contribution in [0.25, 0.3) is 10.9 Å². The number of hydrogen-bond acceptors (Lipinski definition) is 9. The first-order valence-electron chi connectivity index (χ1n) is 12.0. The van der Waals surface area contributed by atoms with Gasteiger partial charge in [0.2, 0.25) is 0 Å². The van der Waals surface area contributed by atoms with Crippen molar-refractivity contribution in [3.05, 3.63) is 60.4 Å². The van der Waals surface area contributed by atoms with Gasteiger partial charge in [-0.1, -0.05) is 6.07 Å². The van der Waals surface area contributed by atoms with Gasteiger partial charge in [-0.15, -0.1) is 0 Å². The number of ether oxygens (including phenoxy) is 1. The first-order valence-corrected chi connectivity index (χ1v) is 12.0. The fourth-order valence-corrected chi connectivity index (χ4v) is 4.16. The molecule has 1 saturated heterocycles. The third kappa shape index (κ3) is 8.67. The zero-order chi connectivity index (χ0) is 26.6. The van der Waals surface area contributed by atoms with E-state index in [1.165, 1.54) is 0 Å². The molecule has 3 aromatic rings. The van der Waals surface area contributed by atoms with Crippen LogP contribution in [0, 0.1) is 0 Å². The molecule has 5 N–H and O–H groups in total. The number of nitrogens with one attached hydrogen (secondary N) is 2. The zero-order valence-electron chi connectivity index (χ0n) is 20.7. The van der Waals surface area contributed by atoms with E-state index in [2.05, 4.69) is 25.5 Å². The van der Waals surface area contributed by atoms with Gasteiger partial charge < -0.3 is 35.6 Å². The van der Waals surface area contributed by atoms with Crippen molar-refractivity contribution < 1.29 is 29.6 Å². The maximum atomic E-state index is 10.9. The topological polar surface area (TPSA) is 157 Å². The lowest BCUT2D eigenvalue weighted by atomic mass is 10.0. The summed E-state index contributed by atoms with van der Waals surface area (Å²) in [5.41, 5.74) is 1.78. The van der Waals surface area contributed by atoms with Gasteiger partial charge in [0.05, 0.1) is 18.7 Å². The lowest BCUT2D eigenvalue weighted by molar-refractivity contribution is -0.159. The second-order valence-corrected chi connectivity index (χ2v) is 8.58. The van der Waals surface area contributed by atoms with Gasteiger partial charge in [0, 0.05) is 43.5 Å². The van der Waals surface area contributed by atoms with Crippen molar-refractivity contribution >= 4 is 28.7 Å². The van der Waals surface area contributed by atoms with E-state index in [9.17, 15) is 5.11 Å². The number of piperidine rings is 1. The van der Waals surface area contributed by atoms with E-state index in [1.807, 2.05) is 42.5 Å². The third-order valence-corrected chi connectivity index (χ3v) is 6.07. The summed E-state index contributed by atoms with van der Waals surface area (Å²) in [6, 6.07) is 14.1. The number of carboxylic acid groups (broad SMARTS) is 2. The molecule has 0 radical (unpaired) electrons. The third-order valence-electron chi connectivity index (χ3n) is 6.07. The molecule has 1 aromatic carbocycles. The van der Waals surface area contributed by atoms with Crippen molar-refractivity contribution in [1.82, 2.24) is 20.2 Å². The van der Waals surface area contributed by atoms with Crippen LogP contribution >= 0.6 is 0 Å². The van der Waals surface area contributed by atoms with Gasteiger partial charge >= 0.3 is 11.9 Å². The molecule has 0 saturated carbocycles. The number of aliphatic hydroxyl groups is 1. The van der Waals surface area contributed by atoms with Crippen LogP contribution in [-0.4, -0.2) is 88.0 Å². The van der Waals surface area contributed by atoms with E-state index < -0.39 is 18.0 Å². The average Bonchev–Trinajstić information content (AvgIpc) is 2.92. The number of β-amino-alcohol motifs (C(OH)–C–C–N with tert-alkyl or cyclic N) is 1. The molecule has 11 heteroatoms. The predicted octanol–water partition coefficient (Wildman–Crippen LogP) is 1.99. The van der Waals surface area contributed by atoms with Gasteiger partial charge in [-0.05, 0) is 67.9 Å². The molecular formula is C26H33N5O6. The van der Waals surface area contributed by atoms with Crippen molar-refractivity contribution in [3.63, 3.8) is 0 Å². The van der Waals surface area contributed by atoms with E-state index >= 15 is 0 Å². The Morgan fingerprint density at radius 2 is 1.81 bits per heavy atom. The van der Waals surface area contributed by atoms with Gasteiger partial charge in [-0.3, -0.25) is 4.98 Å². The SMILES string of the molecule is COc1ccc2nccc([C@@H](O)CN3CCC(NCCNc4ccccn4)CC3)c2c1.O=C(O)C(=O)O. The number of benzene rings is 1. The molecule has 37 heavy (non-hydrogen) atoms. The molecule has 2 aromatic heterocycles. The van der Waals surface area contributed by atoms with Crippen LogP contribution in [0.1, 0.15) is 24.5 Å². The number of rotatable bonds is 9. The van der Waals surface area contributed by atoms with E-state index in [1.54, 1.807) is 19.5 Å². The molecule has 3 heterocycles. The Labute approximate surface area is 215 Å². The smallest absolute Gasteiger partial charge is 0.414 e. The number of aliphatic hydroxyl groups excluding tert-OH is 1. The number of aromatic nitrogens is 2. The number of anilines is 1. The van der Waals surface area contributed by atoms with Crippen LogP contribution in [0.15, 0.2) is 54.9 Å². The number of carbonyl (C=O) groups is 2. The van der Waals surface area contributed by atoms with Crippen LogP contribution in [0.3, 0.4) is 0 Å². The van der Waals surface area contributed by atoms with Crippen LogP contribution in [0.4, 0.5) is 5.82 Å². The number of fused-ring (bicyclic) bond motifs is 1. The fourth-order valence-electron chi connectivity index (χ4n) is 4.16. The van der Waals surface area contributed by atoms with E-state index in [4.69, 9.17) is 24.5 Å². The van der Waals surface area contributed by atoms with Crippen LogP contribution in [0.5, 0.6) is 5.75 Å². The highest BCUT2D eigenvalue weighted by atomic mass is 16.5. The normalized spacial score (nSPS) is 14.9. The first kappa shape index (κ1) is 27.8. The Morgan fingerprint density at radius 3 is 2.46 bits per heavy atom. The van der Waals surface area contributed by atoms with Crippen molar-refractivity contribution in [1.29, 1.82) is 0 Å². The number of likely N-dealkylation sites (tertiary alicyclic amines) is 1. The largest absolute Gasteiger partial charge is 0.497 e. The number of methoxy groups -OCH3 is 1. The van der Waals surface area contributed by atoms with Gasteiger partial charge in [-0.2, -0.15) is 0 Å². The van der Waals surface area contributed by atoms with Gasteiger partial charge in [-0.25, -0.2) is 14.6 Å². The fraction of sp³-hybridized carbons (Fsp3) is 0.385. The van der Waals surface area contributed by atoms with E-state index in [-0.39, 0.29) is 0 Å². The van der Waals surface area contributed by atoms with Crippen molar-refractivity contribution in [2.75, 3.05) is 45.2 Å². The second kappa shape index (κ2) is 14.1. The highest BCUT2D eigenvalue weighted by Gasteiger charge is 2.22. The lowest BCUT2D eigenvalue weighted by Crippen LogP contribution is -2.44. The van der Waals surface area contributed by atoms with Gasteiger partial charge in [0.15, 0.2) is 0 Å². The summed E-state index contributed by atoms with van der Waals surface area (Å²) >= 11 is 0. The summed E-state index contributed by atoms with van der Waals surface area (Å²) in [5, 5.41) is 33.6. The molecule has 0 unspecified atom stereocenters. The number of hydrogen-bond donors (Lipinski definition) is 5. The Morgan fingerprint density at radius 1 is 1.05 bits per heavy atom. The van der Waals surface area contributed by atoms with Crippen LogP contribution in [-0.2, 0) is 9.59 Å². The molecule has 1 fully saturated rings. The Bertz CT molecular complexity index is 1140. The van der Waals surface area contributed by atoms with Gasteiger partial charge in [0.25, 0.3) is 0 Å². The monoisotopic (exact) mass is 511 g/mol. The van der Waals surface area contributed by atoms with E-state index in [0.717, 1.165) is 67.1 Å².